The van der Waals surface area contributed by atoms with Crippen LogP contribution in [0.2, 0.25) is 0 Å². The van der Waals surface area contributed by atoms with Crippen LogP contribution in [-0.2, 0) is 9.59 Å². The summed E-state index contributed by atoms with van der Waals surface area (Å²) in [6, 6.07) is 16.3. The van der Waals surface area contributed by atoms with E-state index in [1.807, 2.05) is 73.6 Å². The Balaban J connectivity index is 1.88. The van der Waals surface area contributed by atoms with E-state index in [2.05, 4.69) is 4.98 Å². The second kappa shape index (κ2) is 7.56. The van der Waals surface area contributed by atoms with Crippen LogP contribution >= 0.6 is 0 Å². The van der Waals surface area contributed by atoms with E-state index >= 15 is 0 Å². The lowest BCUT2D eigenvalue weighted by molar-refractivity contribution is -0.140. The average Bonchev–Trinajstić information content (AvgIpc) is 3.26. The highest BCUT2D eigenvalue weighted by atomic mass is 16.3. The normalized spacial score (nSPS) is 18.9. The van der Waals surface area contributed by atoms with Crippen LogP contribution in [0.1, 0.15) is 17.2 Å². The quantitative estimate of drug-likeness (QED) is 0.399. The lowest BCUT2D eigenvalue weighted by atomic mass is 9.95. The zero-order valence-corrected chi connectivity index (χ0v) is 16.4. The molecule has 1 aliphatic heterocycles. The number of rotatable bonds is 5. The zero-order valence-electron chi connectivity index (χ0n) is 16.4. The molecule has 4 rings (SSSR count). The minimum absolute atomic E-state index is 0.129. The van der Waals surface area contributed by atoms with Gasteiger partial charge in [-0.3, -0.25) is 9.59 Å². The van der Waals surface area contributed by atoms with E-state index in [1.165, 1.54) is 0 Å². The van der Waals surface area contributed by atoms with Crippen LogP contribution in [-0.4, -0.2) is 58.8 Å². The number of likely N-dealkylation sites (tertiary alicyclic amines) is 1. The predicted molar refractivity (Wildman–Crippen MR) is 112 cm³/mol. The first-order valence-electron chi connectivity index (χ1n) is 9.53. The van der Waals surface area contributed by atoms with E-state index in [4.69, 9.17) is 0 Å². The molecule has 1 aliphatic rings. The molecule has 6 heteroatoms. The molecule has 6 nitrogen and oxygen atoms in total. The first-order valence-corrected chi connectivity index (χ1v) is 9.53. The van der Waals surface area contributed by atoms with Gasteiger partial charge in [0.05, 0.1) is 11.6 Å². The Labute approximate surface area is 169 Å². The highest BCUT2D eigenvalue weighted by Crippen LogP contribution is 2.40. The Bertz CT molecular complexity index is 1100. The number of para-hydroxylation sites is 1. The van der Waals surface area contributed by atoms with Gasteiger partial charge in [-0.2, -0.15) is 0 Å². The first kappa shape index (κ1) is 19.0. The molecule has 2 heterocycles. The van der Waals surface area contributed by atoms with Crippen molar-refractivity contribution in [2.75, 3.05) is 27.2 Å². The Kier molecular flexibility index (Phi) is 4.94. The maximum Gasteiger partial charge on any atom is 0.295 e. The van der Waals surface area contributed by atoms with Crippen molar-refractivity contribution in [1.29, 1.82) is 0 Å². The number of H-pyrrole nitrogens is 1. The number of hydrogen-bond donors (Lipinski definition) is 2. The van der Waals surface area contributed by atoms with Crippen LogP contribution in [0.4, 0.5) is 0 Å². The molecule has 0 aliphatic carbocycles. The molecular weight excluding hydrogens is 366 g/mol. The lowest BCUT2D eigenvalue weighted by Crippen LogP contribution is -2.35. The van der Waals surface area contributed by atoms with E-state index in [-0.39, 0.29) is 11.3 Å². The molecule has 1 saturated heterocycles. The van der Waals surface area contributed by atoms with Gasteiger partial charge in [-0.25, -0.2) is 0 Å². The van der Waals surface area contributed by atoms with Crippen LogP contribution in [0.25, 0.3) is 16.7 Å². The molecule has 0 radical (unpaired) electrons. The summed E-state index contributed by atoms with van der Waals surface area (Å²) in [5.41, 5.74) is 2.30. The topological polar surface area (TPSA) is 76.6 Å². The van der Waals surface area contributed by atoms with Crippen molar-refractivity contribution in [1.82, 2.24) is 14.8 Å². The maximum absolute atomic E-state index is 13.0. The molecule has 1 fully saturated rings. The molecule has 0 saturated carbocycles. The van der Waals surface area contributed by atoms with Crippen molar-refractivity contribution < 1.29 is 14.7 Å². The Morgan fingerprint density at radius 2 is 1.76 bits per heavy atom. The summed E-state index contributed by atoms with van der Waals surface area (Å²) >= 11 is 0. The molecule has 29 heavy (non-hydrogen) atoms. The Hall–Kier alpha value is -3.38. The third-order valence-corrected chi connectivity index (χ3v) is 5.29. The van der Waals surface area contributed by atoms with E-state index < -0.39 is 17.7 Å². The number of ketones is 1. The number of Topliss-reactive ketones (excluding diaryl/α,β-unsaturated/α-hetero) is 1. The predicted octanol–water partition coefficient (Wildman–Crippen LogP) is 3.15. The van der Waals surface area contributed by atoms with Gasteiger partial charge in [-0.05, 0) is 25.7 Å². The van der Waals surface area contributed by atoms with Crippen LogP contribution in [0.15, 0.2) is 66.4 Å². The number of nitrogens with one attached hydrogen (secondary N) is 1. The number of amides is 1. The number of nitrogens with zero attached hydrogens (tertiary/aromatic N) is 2. The molecule has 1 aromatic heterocycles. The molecule has 1 atom stereocenters. The minimum atomic E-state index is -0.652. The lowest BCUT2D eigenvalue weighted by Gasteiger charge is -2.26. The first-order chi connectivity index (χ1) is 14.0. The molecular formula is C23H23N3O3. The number of fused-ring (bicyclic) bond motifs is 1. The fourth-order valence-corrected chi connectivity index (χ4v) is 3.81. The van der Waals surface area contributed by atoms with E-state index in [0.29, 0.717) is 18.7 Å². The Morgan fingerprint density at radius 3 is 2.48 bits per heavy atom. The number of aromatic amines is 1. The van der Waals surface area contributed by atoms with Gasteiger partial charge in [-0.15, -0.1) is 0 Å². The number of aromatic nitrogens is 1. The summed E-state index contributed by atoms with van der Waals surface area (Å²) in [7, 11) is 3.83. The van der Waals surface area contributed by atoms with Gasteiger partial charge in [0.15, 0.2) is 0 Å². The van der Waals surface area contributed by atoms with Crippen LogP contribution in [0.3, 0.4) is 0 Å². The fourth-order valence-electron chi connectivity index (χ4n) is 3.81. The summed E-state index contributed by atoms with van der Waals surface area (Å²) in [6.45, 7) is 1.01. The molecule has 0 spiro atoms. The van der Waals surface area contributed by atoms with Gasteiger partial charge in [0, 0.05) is 35.8 Å². The number of benzene rings is 2. The van der Waals surface area contributed by atoms with Crippen molar-refractivity contribution in [2.45, 2.75) is 6.04 Å². The average molecular weight is 389 g/mol. The highest BCUT2D eigenvalue weighted by molar-refractivity contribution is 6.46. The third kappa shape index (κ3) is 3.32. The Morgan fingerprint density at radius 1 is 1.07 bits per heavy atom. The number of carbonyl (C=O) groups is 2. The van der Waals surface area contributed by atoms with Crippen molar-refractivity contribution in [3.8, 4) is 0 Å². The highest BCUT2D eigenvalue weighted by Gasteiger charge is 2.46. The summed E-state index contributed by atoms with van der Waals surface area (Å²) in [6.07, 6.45) is 1.68. The van der Waals surface area contributed by atoms with Gasteiger partial charge in [-0.1, -0.05) is 48.5 Å². The summed E-state index contributed by atoms with van der Waals surface area (Å²) in [5, 5.41) is 12.0. The van der Waals surface area contributed by atoms with Crippen LogP contribution in [0, 0.1) is 0 Å². The van der Waals surface area contributed by atoms with Crippen molar-refractivity contribution >= 4 is 28.4 Å². The standard InChI is InChI=1S/C23H23N3O3/c1-25(2)12-13-26-20(15-8-4-3-5-9-15)19(22(28)23(26)29)21(27)17-14-24-18-11-7-6-10-16(17)18/h3-11,14,20,24,27H,12-13H2,1-2H3/t20-/m0/s1. The molecule has 3 aromatic rings. The van der Waals surface area contributed by atoms with E-state index in [9.17, 15) is 14.7 Å². The molecule has 0 bridgehead atoms. The van der Waals surface area contributed by atoms with Crippen molar-refractivity contribution in [2.24, 2.45) is 0 Å². The maximum atomic E-state index is 13.0. The van der Waals surface area contributed by atoms with Crippen molar-refractivity contribution in [3.63, 3.8) is 0 Å². The number of hydrogen-bond acceptors (Lipinski definition) is 4. The number of carbonyl (C=O) groups excluding carboxylic acids is 2. The fraction of sp³-hybridized carbons (Fsp3) is 0.217. The van der Waals surface area contributed by atoms with Crippen molar-refractivity contribution in [3.05, 3.63) is 77.5 Å². The summed E-state index contributed by atoms with van der Waals surface area (Å²) in [5.74, 6) is -1.38. The monoisotopic (exact) mass is 389 g/mol. The van der Waals surface area contributed by atoms with Gasteiger partial charge >= 0.3 is 0 Å². The summed E-state index contributed by atoms with van der Waals surface area (Å²) in [4.78, 5) is 32.5. The number of aliphatic hydroxyl groups is 1. The number of likely N-dealkylation sites (N-methyl/N-ethyl adjacent to an activating group) is 1. The number of aliphatic hydroxyl groups excluding tert-OH is 1. The largest absolute Gasteiger partial charge is 0.507 e. The molecule has 1 amide bonds. The molecule has 0 unspecified atom stereocenters. The van der Waals surface area contributed by atoms with Crippen LogP contribution < -0.4 is 0 Å². The van der Waals surface area contributed by atoms with E-state index in [0.717, 1.165) is 16.5 Å². The molecule has 148 valence electrons. The zero-order chi connectivity index (χ0) is 20.5. The SMILES string of the molecule is CN(C)CCN1C(=O)C(=O)C(=C(O)c2c[nH]c3ccccc23)[C@@H]1c1ccccc1. The smallest absolute Gasteiger partial charge is 0.295 e. The van der Waals surface area contributed by atoms with Gasteiger partial charge in [0.2, 0.25) is 0 Å². The van der Waals surface area contributed by atoms with Gasteiger partial charge < -0.3 is 19.9 Å². The second-order valence-corrected chi connectivity index (χ2v) is 7.45. The third-order valence-electron chi connectivity index (χ3n) is 5.29. The van der Waals surface area contributed by atoms with E-state index in [1.54, 1.807) is 11.1 Å². The van der Waals surface area contributed by atoms with Gasteiger partial charge in [0.1, 0.15) is 5.76 Å². The second-order valence-electron chi connectivity index (χ2n) is 7.45. The van der Waals surface area contributed by atoms with Crippen LogP contribution in [0.5, 0.6) is 0 Å². The van der Waals surface area contributed by atoms with Gasteiger partial charge in [0.25, 0.3) is 11.7 Å². The minimum Gasteiger partial charge on any atom is -0.507 e. The molecule has 2 N–H and O–H groups in total. The molecule has 2 aromatic carbocycles. The summed E-state index contributed by atoms with van der Waals surface area (Å²) < 4.78 is 0.